The number of aromatic nitrogens is 1. The summed E-state index contributed by atoms with van der Waals surface area (Å²) in [6, 6.07) is 17.7. The van der Waals surface area contributed by atoms with Gasteiger partial charge in [-0.05, 0) is 78.6 Å². The van der Waals surface area contributed by atoms with Gasteiger partial charge in [-0.1, -0.05) is 64.2 Å². The largest absolute Gasteiger partial charge is 0.489 e. The van der Waals surface area contributed by atoms with Crippen molar-refractivity contribution < 1.29 is 20.5 Å². The van der Waals surface area contributed by atoms with Crippen LogP contribution in [-0.2, 0) is 6.58 Å². The minimum Gasteiger partial charge on any atom is -0.489 e. The van der Waals surface area contributed by atoms with Crippen LogP contribution in [0.3, 0.4) is 0 Å². The first-order valence-electron chi connectivity index (χ1n) is 12.5. The van der Waals surface area contributed by atoms with E-state index in [1.807, 2.05) is 12.1 Å². The molecule has 1 N–H and O–H groups in total. The SMILES string of the molecule is [2H]C(Oc1ccc([C@@H]2C[C@H]2c2cccc(C(=O)O)c2)c(Cl)c1)c1c(-c2c(Cl)cccc2Cl)noc1C1CC1. The minimum absolute atomic E-state index is 0.195. The van der Waals surface area contributed by atoms with Crippen molar-refractivity contribution in [2.75, 3.05) is 0 Å². The number of hydrogen-bond acceptors (Lipinski definition) is 4. The molecule has 0 amide bonds. The standard InChI is InChI=1S/C29H22Cl3NO4/c30-23-5-2-6-24(31)26(23)27-22(28(37-33-27)15-7-8-15)14-36-18-9-10-19(25(32)12-18)21-13-20(21)16-3-1-4-17(11-16)29(34)35/h1-6,9-12,15,20-21H,7-8,13-14H2,(H,34,35)/t20-,21-/m0/s1/i14D/t14?,20-,21-. The van der Waals surface area contributed by atoms with Crippen molar-refractivity contribution in [3.05, 3.63) is 104 Å². The number of hydrogen-bond donors (Lipinski definition) is 1. The molecule has 2 fully saturated rings. The van der Waals surface area contributed by atoms with Gasteiger partial charge in [-0.3, -0.25) is 0 Å². The first-order valence-corrected chi connectivity index (χ1v) is 13.1. The molecule has 188 valence electrons. The van der Waals surface area contributed by atoms with E-state index in [2.05, 4.69) is 5.16 Å². The molecule has 2 aliphatic rings. The molecule has 0 radical (unpaired) electrons. The summed E-state index contributed by atoms with van der Waals surface area (Å²) in [7, 11) is 0. The van der Waals surface area contributed by atoms with Crippen LogP contribution in [0.25, 0.3) is 11.3 Å². The van der Waals surface area contributed by atoms with Crippen LogP contribution in [0, 0.1) is 0 Å². The lowest BCUT2D eigenvalue weighted by Gasteiger charge is -2.11. The number of ether oxygens (including phenoxy) is 1. The number of carboxylic acid groups (broad SMARTS) is 1. The third-order valence-corrected chi connectivity index (χ3v) is 7.90. The summed E-state index contributed by atoms with van der Waals surface area (Å²) in [5.41, 5.74) is 3.68. The van der Waals surface area contributed by atoms with E-state index in [0.29, 0.717) is 43.4 Å². The van der Waals surface area contributed by atoms with E-state index >= 15 is 0 Å². The van der Waals surface area contributed by atoms with Crippen LogP contribution in [0.2, 0.25) is 15.1 Å². The lowest BCUT2D eigenvalue weighted by Crippen LogP contribution is -2.00. The molecule has 0 spiro atoms. The third-order valence-electron chi connectivity index (χ3n) is 6.94. The smallest absolute Gasteiger partial charge is 0.335 e. The predicted octanol–water partition coefficient (Wildman–Crippen LogP) is 8.73. The van der Waals surface area contributed by atoms with Gasteiger partial charge >= 0.3 is 5.97 Å². The third kappa shape index (κ3) is 4.84. The molecule has 0 bridgehead atoms. The molecule has 3 atom stereocenters. The summed E-state index contributed by atoms with van der Waals surface area (Å²) >= 11 is 19.6. The van der Waals surface area contributed by atoms with Crippen LogP contribution in [0.1, 0.15) is 71.2 Å². The molecule has 0 saturated heterocycles. The molecular weight excluding hydrogens is 533 g/mol. The fourth-order valence-corrected chi connectivity index (χ4v) is 5.67. The summed E-state index contributed by atoms with van der Waals surface area (Å²) in [5, 5.41) is 14.9. The van der Waals surface area contributed by atoms with Gasteiger partial charge in [0.05, 0.1) is 22.5 Å². The molecule has 6 rings (SSSR count). The van der Waals surface area contributed by atoms with Crippen molar-refractivity contribution in [1.82, 2.24) is 5.16 Å². The number of halogens is 3. The van der Waals surface area contributed by atoms with Crippen LogP contribution in [-0.4, -0.2) is 16.2 Å². The Kier molecular flexibility index (Phi) is 6.08. The summed E-state index contributed by atoms with van der Waals surface area (Å²) in [4.78, 5) is 11.3. The van der Waals surface area contributed by atoms with Gasteiger partial charge in [-0.25, -0.2) is 4.79 Å². The average Bonchev–Trinajstić information content (AvgIpc) is 3.82. The zero-order chi connectivity index (χ0) is 26.6. The lowest BCUT2D eigenvalue weighted by molar-refractivity contribution is 0.0696. The number of carbonyl (C=O) groups is 1. The second-order valence-corrected chi connectivity index (χ2v) is 10.7. The van der Waals surface area contributed by atoms with Crippen LogP contribution in [0.5, 0.6) is 5.75 Å². The van der Waals surface area contributed by atoms with E-state index in [-0.39, 0.29) is 23.3 Å². The van der Waals surface area contributed by atoms with Gasteiger partial charge in [0.15, 0.2) is 0 Å². The van der Waals surface area contributed by atoms with Crippen molar-refractivity contribution in [2.45, 2.75) is 43.6 Å². The normalized spacial score (nSPS) is 19.8. The van der Waals surface area contributed by atoms with Crippen molar-refractivity contribution in [3.63, 3.8) is 0 Å². The quantitative estimate of drug-likeness (QED) is 0.235. The fraction of sp³-hybridized carbons (Fsp3) is 0.241. The second-order valence-electron chi connectivity index (χ2n) is 9.48. The van der Waals surface area contributed by atoms with Gasteiger partial charge in [-0.15, -0.1) is 0 Å². The summed E-state index contributed by atoms with van der Waals surface area (Å²) in [6.07, 6.45) is 2.81. The monoisotopic (exact) mass is 554 g/mol. The number of carboxylic acids is 1. The highest BCUT2D eigenvalue weighted by Crippen LogP contribution is 2.56. The van der Waals surface area contributed by atoms with Gasteiger partial charge in [-0.2, -0.15) is 0 Å². The van der Waals surface area contributed by atoms with E-state index in [1.54, 1.807) is 48.5 Å². The highest BCUT2D eigenvalue weighted by atomic mass is 35.5. The molecular formula is C29H22Cl3NO4. The van der Waals surface area contributed by atoms with Gasteiger partial charge in [0.25, 0.3) is 0 Å². The Morgan fingerprint density at radius 3 is 2.49 bits per heavy atom. The molecule has 3 aromatic carbocycles. The van der Waals surface area contributed by atoms with Crippen LogP contribution >= 0.6 is 34.8 Å². The zero-order valence-electron chi connectivity index (χ0n) is 20.5. The second kappa shape index (κ2) is 9.71. The van der Waals surface area contributed by atoms with Crippen molar-refractivity contribution in [3.8, 4) is 17.0 Å². The van der Waals surface area contributed by atoms with Crippen molar-refractivity contribution >= 4 is 40.8 Å². The Bertz CT molecular complexity index is 1530. The Morgan fingerprint density at radius 1 is 1.03 bits per heavy atom. The number of benzene rings is 3. The Morgan fingerprint density at radius 2 is 1.78 bits per heavy atom. The lowest BCUT2D eigenvalue weighted by atomic mass is 10.0. The van der Waals surface area contributed by atoms with Gasteiger partial charge in [0, 0.05) is 16.5 Å². The van der Waals surface area contributed by atoms with Gasteiger partial charge in [0.2, 0.25) is 0 Å². The number of aromatic carboxylic acids is 1. The summed E-state index contributed by atoms with van der Waals surface area (Å²) in [6.45, 7) is -1.13. The minimum atomic E-state index is -1.13. The van der Waals surface area contributed by atoms with Gasteiger partial charge in [0.1, 0.15) is 23.8 Å². The average molecular weight is 556 g/mol. The molecule has 2 aliphatic carbocycles. The Balaban J connectivity index is 1.24. The zero-order valence-corrected chi connectivity index (χ0v) is 21.7. The molecule has 1 unspecified atom stereocenters. The number of rotatable bonds is 8. The fourth-order valence-electron chi connectivity index (χ4n) is 4.79. The Hall–Kier alpha value is -2.99. The van der Waals surface area contributed by atoms with E-state index in [1.165, 1.54) is 0 Å². The molecule has 0 aliphatic heterocycles. The first kappa shape index (κ1) is 23.2. The summed E-state index contributed by atoms with van der Waals surface area (Å²) < 4.78 is 20.6. The Labute approximate surface area is 230 Å². The highest BCUT2D eigenvalue weighted by molar-refractivity contribution is 6.39. The highest BCUT2D eigenvalue weighted by Gasteiger charge is 2.41. The van der Waals surface area contributed by atoms with Crippen LogP contribution < -0.4 is 4.74 Å². The topological polar surface area (TPSA) is 72.6 Å². The maximum absolute atomic E-state index is 11.3. The number of nitrogens with zero attached hydrogens (tertiary/aromatic N) is 1. The van der Waals surface area contributed by atoms with Crippen molar-refractivity contribution in [2.24, 2.45) is 0 Å². The molecule has 4 aromatic rings. The predicted molar refractivity (Wildman–Crippen MR) is 143 cm³/mol. The molecule has 5 nitrogen and oxygen atoms in total. The first-order chi connectivity index (χ1) is 18.3. The molecule has 1 aromatic heterocycles. The molecule has 1 heterocycles. The van der Waals surface area contributed by atoms with Crippen molar-refractivity contribution in [1.29, 1.82) is 0 Å². The van der Waals surface area contributed by atoms with Gasteiger partial charge < -0.3 is 14.4 Å². The van der Waals surface area contributed by atoms with E-state index < -0.39 is 12.6 Å². The molecule has 37 heavy (non-hydrogen) atoms. The molecule has 2 saturated carbocycles. The maximum atomic E-state index is 11.3. The van der Waals surface area contributed by atoms with E-state index in [4.69, 9.17) is 45.4 Å². The van der Waals surface area contributed by atoms with E-state index in [0.717, 1.165) is 30.4 Å². The van der Waals surface area contributed by atoms with Crippen LogP contribution in [0.15, 0.2) is 65.2 Å². The maximum Gasteiger partial charge on any atom is 0.335 e. The molecule has 8 heteroatoms. The van der Waals surface area contributed by atoms with E-state index in [9.17, 15) is 9.90 Å². The summed E-state index contributed by atoms with van der Waals surface area (Å²) in [5.74, 6) is 0.739. The van der Waals surface area contributed by atoms with Crippen LogP contribution in [0.4, 0.5) is 0 Å².